The maximum Gasteiger partial charge on any atom is 0.490 e. The van der Waals surface area contributed by atoms with Crippen LogP contribution >= 0.6 is 0 Å². The molecule has 22 heavy (non-hydrogen) atoms. The van der Waals surface area contributed by atoms with E-state index in [0.29, 0.717) is 12.8 Å². The Morgan fingerprint density at radius 3 is 2.73 bits per heavy atom. The highest BCUT2D eigenvalue weighted by Gasteiger charge is 2.40. The monoisotopic (exact) mass is 319 g/mol. The number of alkyl halides is 3. The van der Waals surface area contributed by atoms with Crippen molar-refractivity contribution in [2.75, 3.05) is 6.61 Å². The Hall–Kier alpha value is -1.79. The maximum absolute atomic E-state index is 11.9. The van der Waals surface area contributed by atoms with E-state index in [1.165, 1.54) is 6.08 Å². The van der Waals surface area contributed by atoms with Crippen molar-refractivity contribution in [3.05, 3.63) is 24.8 Å². The molecule has 1 rings (SSSR count). The number of ether oxygens (including phenoxy) is 1. The summed E-state index contributed by atoms with van der Waals surface area (Å²) < 4.78 is 39.7. The lowest BCUT2D eigenvalue weighted by molar-refractivity contribution is -0.198. The molecule has 0 radical (unpaired) electrons. The molecule has 0 spiro atoms. The Morgan fingerprint density at radius 2 is 2.09 bits per heavy atom. The summed E-state index contributed by atoms with van der Waals surface area (Å²) in [4.78, 5) is 15.8. The summed E-state index contributed by atoms with van der Waals surface area (Å²) >= 11 is 0. The average Bonchev–Trinajstić information content (AvgIpc) is 2.79. The van der Waals surface area contributed by atoms with Crippen molar-refractivity contribution in [2.24, 2.45) is 11.1 Å². The molecule has 1 aliphatic rings. The number of esters is 1. The summed E-state index contributed by atoms with van der Waals surface area (Å²) in [5.41, 5.74) is 0.954. The van der Waals surface area contributed by atoms with Crippen molar-refractivity contribution in [3.63, 3.8) is 0 Å². The summed E-state index contributed by atoms with van der Waals surface area (Å²) in [6, 6.07) is 0. The highest BCUT2D eigenvalue weighted by atomic mass is 19.4. The molecule has 0 saturated carbocycles. The molecule has 0 aliphatic carbocycles. The van der Waals surface area contributed by atoms with Gasteiger partial charge in [0.05, 0.1) is 5.71 Å². The number of hydrogen-bond donors (Lipinski definition) is 0. The van der Waals surface area contributed by atoms with Crippen LogP contribution in [0.25, 0.3) is 0 Å². The van der Waals surface area contributed by atoms with Crippen LogP contribution in [-0.4, -0.2) is 30.6 Å². The summed E-state index contributed by atoms with van der Waals surface area (Å²) in [5, 5.41) is 3.98. The van der Waals surface area contributed by atoms with Crippen LogP contribution in [-0.2, 0) is 14.4 Å². The molecular weight excluding hydrogens is 299 g/mol. The van der Waals surface area contributed by atoms with Gasteiger partial charge < -0.3 is 9.57 Å². The van der Waals surface area contributed by atoms with Crippen LogP contribution in [0.2, 0.25) is 0 Å². The van der Waals surface area contributed by atoms with Crippen LogP contribution in [0.5, 0.6) is 0 Å². The van der Waals surface area contributed by atoms with Gasteiger partial charge >= 0.3 is 12.1 Å². The molecule has 124 valence electrons. The third-order valence-electron chi connectivity index (χ3n) is 3.33. The molecule has 1 heterocycles. The first-order valence-corrected chi connectivity index (χ1v) is 7.06. The fourth-order valence-electron chi connectivity index (χ4n) is 2.16. The Morgan fingerprint density at radius 1 is 1.36 bits per heavy atom. The van der Waals surface area contributed by atoms with Crippen molar-refractivity contribution in [3.8, 4) is 0 Å². The Kier molecular flexibility index (Phi) is 7.14. The Balaban J connectivity index is 2.25. The lowest BCUT2D eigenvalue weighted by Gasteiger charge is -2.16. The minimum absolute atomic E-state index is 0.0256. The second-order valence-corrected chi connectivity index (χ2v) is 4.99. The van der Waals surface area contributed by atoms with Crippen LogP contribution in [0.15, 0.2) is 30.0 Å². The van der Waals surface area contributed by atoms with E-state index in [4.69, 9.17) is 4.84 Å². The zero-order valence-electron chi connectivity index (χ0n) is 12.4. The second kappa shape index (κ2) is 8.60. The minimum atomic E-state index is -4.95. The van der Waals surface area contributed by atoms with Gasteiger partial charge in [0.25, 0.3) is 0 Å². The van der Waals surface area contributed by atoms with E-state index in [1.54, 1.807) is 6.08 Å². The van der Waals surface area contributed by atoms with Crippen LogP contribution in [0.3, 0.4) is 0 Å². The summed E-state index contributed by atoms with van der Waals surface area (Å²) in [6.45, 7) is 5.21. The molecule has 0 saturated heterocycles. The first-order valence-electron chi connectivity index (χ1n) is 7.06. The molecule has 0 N–H and O–H groups in total. The number of carbonyl (C=O) groups excluding carboxylic acids is 1. The number of nitrogens with zero attached hydrogens (tertiary/aromatic N) is 1. The SMILES string of the molecule is C=CCC[C@H]1C(C)=NO[C@H]1CC/C=C/COC(=O)C(F)(F)F. The van der Waals surface area contributed by atoms with E-state index >= 15 is 0 Å². The lowest BCUT2D eigenvalue weighted by Crippen LogP contribution is -2.25. The van der Waals surface area contributed by atoms with Crippen molar-refractivity contribution in [1.29, 1.82) is 0 Å². The number of allylic oxidation sites excluding steroid dienone is 2. The molecule has 0 bridgehead atoms. The number of hydrogen-bond acceptors (Lipinski definition) is 4. The highest BCUT2D eigenvalue weighted by Crippen LogP contribution is 2.26. The Labute approximate surface area is 127 Å². The third-order valence-corrected chi connectivity index (χ3v) is 3.33. The lowest BCUT2D eigenvalue weighted by atomic mass is 9.90. The zero-order valence-corrected chi connectivity index (χ0v) is 12.4. The average molecular weight is 319 g/mol. The van der Waals surface area contributed by atoms with E-state index in [1.807, 2.05) is 13.0 Å². The standard InChI is InChI=1S/C15H20F3NO3/c1-3-4-8-12-11(2)19-22-13(12)9-6-5-7-10-21-14(20)15(16,17)18/h3,5,7,12-13H,1,4,6,8-10H2,2H3/b7-5+/t12-,13-/m0/s1. The quantitative estimate of drug-likeness (QED) is 0.505. The highest BCUT2D eigenvalue weighted by molar-refractivity contribution is 5.85. The first-order chi connectivity index (χ1) is 10.4. The number of halogens is 3. The minimum Gasteiger partial charge on any atom is -0.455 e. The van der Waals surface area contributed by atoms with Crippen LogP contribution in [0.4, 0.5) is 13.2 Å². The smallest absolute Gasteiger partial charge is 0.455 e. The largest absolute Gasteiger partial charge is 0.490 e. The fraction of sp³-hybridized carbons (Fsp3) is 0.600. The van der Waals surface area contributed by atoms with Gasteiger partial charge in [-0.05, 0) is 32.6 Å². The van der Waals surface area contributed by atoms with Gasteiger partial charge in [-0.25, -0.2) is 4.79 Å². The fourth-order valence-corrected chi connectivity index (χ4v) is 2.16. The maximum atomic E-state index is 11.9. The molecule has 0 aromatic rings. The van der Waals surface area contributed by atoms with Crippen molar-refractivity contribution in [2.45, 2.75) is 44.9 Å². The van der Waals surface area contributed by atoms with Gasteiger partial charge in [0, 0.05) is 5.92 Å². The second-order valence-electron chi connectivity index (χ2n) is 4.99. The first kappa shape index (κ1) is 18.3. The third kappa shape index (κ3) is 5.91. The van der Waals surface area contributed by atoms with Gasteiger partial charge in [-0.15, -0.1) is 6.58 Å². The van der Waals surface area contributed by atoms with E-state index in [9.17, 15) is 18.0 Å². The molecule has 1 aliphatic heterocycles. The molecule has 0 amide bonds. The molecule has 0 fully saturated rings. The van der Waals surface area contributed by atoms with Crippen molar-refractivity contribution in [1.82, 2.24) is 0 Å². The predicted molar refractivity (Wildman–Crippen MR) is 76.3 cm³/mol. The number of carbonyl (C=O) groups is 1. The summed E-state index contributed by atoms with van der Waals surface area (Å²) in [7, 11) is 0. The number of oxime groups is 1. The van der Waals surface area contributed by atoms with E-state index < -0.39 is 12.1 Å². The predicted octanol–water partition coefficient (Wildman–Crippen LogP) is 3.79. The van der Waals surface area contributed by atoms with E-state index in [2.05, 4.69) is 16.5 Å². The molecular formula is C15H20F3NO3. The van der Waals surface area contributed by atoms with Gasteiger partial charge in [0.15, 0.2) is 0 Å². The zero-order chi connectivity index (χ0) is 16.6. The molecule has 0 aromatic heterocycles. The number of rotatable bonds is 8. The molecule has 0 aromatic carbocycles. The van der Waals surface area contributed by atoms with Crippen LogP contribution in [0, 0.1) is 5.92 Å². The molecule has 2 atom stereocenters. The van der Waals surface area contributed by atoms with Gasteiger partial charge in [0.2, 0.25) is 0 Å². The normalized spacial score (nSPS) is 21.5. The van der Waals surface area contributed by atoms with Crippen molar-refractivity contribution >= 4 is 11.7 Å². The van der Waals surface area contributed by atoms with Crippen molar-refractivity contribution < 1.29 is 27.5 Å². The molecule has 7 heteroatoms. The molecule has 0 unspecified atom stereocenters. The van der Waals surface area contributed by atoms with E-state index in [-0.39, 0.29) is 18.6 Å². The summed E-state index contributed by atoms with van der Waals surface area (Å²) in [5.74, 6) is -1.93. The van der Waals surface area contributed by atoms with Crippen LogP contribution < -0.4 is 0 Å². The van der Waals surface area contributed by atoms with Gasteiger partial charge in [-0.1, -0.05) is 23.4 Å². The van der Waals surface area contributed by atoms with Gasteiger partial charge in [-0.2, -0.15) is 13.2 Å². The Bertz CT molecular complexity index is 444. The van der Waals surface area contributed by atoms with Gasteiger partial charge in [0.1, 0.15) is 12.7 Å². The molecule has 4 nitrogen and oxygen atoms in total. The van der Waals surface area contributed by atoms with Crippen LogP contribution in [0.1, 0.15) is 32.6 Å². The van der Waals surface area contributed by atoms with E-state index in [0.717, 1.165) is 18.6 Å². The summed E-state index contributed by atoms with van der Waals surface area (Å²) in [6.07, 6.45) is 3.04. The van der Waals surface area contributed by atoms with Gasteiger partial charge in [-0.3, -0.25) is 0 Å². The topological polar surface area (TPSA) is 47.9 Å².